The highest BCUT2D eigenvalue weighted by Crippen LogP contribution is 2.34. The van der Waals surface area contributed by atoms with Gasteiger partial charge in [0.05, 0.1) is 5.75 Å². The van der Waals surface area contributed by atoms with Gasteiger partial charge < -0.3 is 4.90 Å². The van der Waals surface area contributed by atoms with Gasteiger partial charge in [-0.1, -0.05) is 43.7 Å². The van der Waals surface area contributed by atoms with Crippen molar-refractivity contribution < 1.29 is 8.42 Å². The van der Waals surface area contributed by atoms with E-state index in [0.717, 1.165) is 26.1 Å². The van der Waals surface area contributed by atoms with Crippen LogP contribution in [0.2, 0.25) is 0 Å². The Morgan fingerprint density at radius 2 is 1.95 bits per heavy atom. The van der Waals surface area contributed by atoms with Gasteiger partial charge in [-0.15, -0.1) is 0 Å². The molecule has 118 valence electrons. The molecule has 1 heterocycles. The zero-order chi connectivity index (χ0) is 15.3. The van der Waals surface area contributed by atoms with Crippen LogP contribution in [0.3, 0.4) is 0 Å². The van der Waals surface area contributed by atoms with E-state index in [0.29, 0.717) is 17.6 Å². The molecule has 0 N–H and O–H groups in total. The lowest BCUT2D eigenvalue weighted by Crippen LogP contribution is -2.40. The molecule has 1 fully saturated rings. The molecule has 3 nitrogen and oxygen atoms in total. The average Bonchev–Trinajstić information content (AvgIpc) is 2.46. The van der Waals surface area contributed by atoms with Crippen molar-refractivity contribution in [3.63, 3.8) is 0 Å². The van der Waals surface area contributed by atoms with Crippen molar-refractivity contribution in [3.8, 4) is 0 Å². The molecule has 2 atom stereocenters. The normalized spacial score (nSPS) is 24.1. The molecule has 0 spiro atoms. The fraction of sp³-hybridized carbons (Fsp3) is 0.647. The number of rotatable bonds is 6. The molecule has 1 aliphatic heterocycles. The van der Waals surface area contributed by atoms with Crippen molar-refractivity contribution in [3.05, 3.63) is 35.9 Å². The maximum Gasteiger partial charge on any atom is 0.147 e. The second kappa shape index (κ2) is 7.41. The molecule has 0 saturated carbocycles. The Hall–Kier alpha value is -0.870. The summed E-state index contributed by atoms with van der Waals surface area (Å²) < 4.78 is 22.4. The third-order valence-corrected chi connectivity index (χ3v) is 5.59. The quantitative estimate of drug-likeness (QED) is 0.811. The zero-order valence-electron chi connectivity index (χ0n) is 13.2. The predicted molar refractivity (Wildman–Crippen MR) is 88.3 cm³/mol. The van der Waals surface area contributed by atoms with E-state index in [1.165, 1.54) is 24.7 Å². The minimum Gasteiger partial charge on any atom is -0.303 e. The molecule has 0 amide bonds. The molecule has 0 bridgehead atoms. The Bertz CT molecular complexity index is 527. The van der Waals surface area contributed by atoms with Gasteiger partial charge in [-0.2, -0.15) is 0 Å². The summed E-state index contributed by atoms with van der Waals surface area (Å²) >= 11 is 0. The van der Waals surface area contributed by atoms with Gasteiger partial charge in [0.2, 0.25) is 0 Å². The lowest BCUT2D eigenvalue weighted by molar-refractivity contribution is 0.151. The minimum atomic E-state index is -2.82. The Kier molecular flexibility index (Phi) is 5.82. The van der Waals surface area contributed by atoms with Gasteiger partial charge in [-0.05, 0) is 43.3 Å². The highest BCUT2D eigenvalue weighted by atomic mass is 32.2. The number of sulfone groups is 1. The Labute approximate surface area is 129 Å². The largest absolute Gasteiger partial charge is 0.303 e. The molecular weight excluding hydrogens is 282 g/mol. The molecule has 1 aromatic rings. The van der Waals surface area contributed by atoms with Crippen molar-refractivity contribution in [1.82, 2.24) is 4.90 Å². The maximum absolute atomic E-state index is 11.2. The van der Waals surface area contributed by atoms with E-state index in [1.54, 1.807) is 0 Å². The molecule has 0 aromatic heterocycles. The summed E-state index contributed by atoms with van der Waals surface area (Å²) in [5.74, 6) is 1.64. The number of benzene rings is 1. The van der Waals surface area contributed by atoms with Gasteiger partial charge in [0.1, 0.15) is 9.84 Å². The zero-order valence-corrected chi connectivity index (χ0v) is 14.0. The monoisotopic (exact) mass is 309 g/mol. The van der Waals surface area contributed by atoms with Crippen LogP contribution >= 0.6 is 0 Å². The minimum absolute atomic E-state index is 0.308. The van der Waals surface area contributed by atoms with E-state index in [9.17, 15) is 8.42 Å². The third kappa shape index (κ3) is 5.11. The molecule has 1 aromatic carbocycles. The topological polar surface area (TPSA) is 37.4 Å². The summed E-state index contributed by atoms with van der Waals surface area (Å²) in [6.45, 7) is 5.35. The van der Waals surface area contributed by atoms with E-state index in [4.69, 9.17) is 0 Å². The van der Waals surface area contributed by atoms with Gasteiger partial charge in [0.15, 0.2) is 0 Å². The van der Waals surface area contributed by atoms with Crippen LogP contribution in [-0.4, -0.2) is 45.0 Å². The van der Waals surface area contributed by atoms with E-state index in [-0.39, 0.29) is 0 Å². The Morgan fingerprint density at radius 1 is 1.24 bits per heavy atom. The lowest BCUT2D eigenvalue weighted by Gasteiger charge is -2.38. The van der Waals surface area contributed by atoms with Crippen LogP contribution in [0.5, 0.6) is 0 Å². The summed E-state index contributed by atoms with van der Waals surface area (Å²) in [6, 6.07) is 10.8. The fourth-order valence-electron chi connectivity index (χ4n) is 3.41. The molecule has 0 radical (unpaired) electrons. The van der Waals surface area contributed by atoms with Crippen LogP contribution in [0.1, 0.15) is 37.7 Å². The standard InChI is InChI=1S/C17H27NO2S/c1-3-15-14-18(11-7-13-21(2,19)20)12-10-17(15)16-8-5-4-6-9-16/h4-6,8-9,15,17H,3,7,10-14H2,1-2H3/t15-,17-/m1/s1. The van der Waals surface area contributed by atoms with Gasteiger partial charge in [0.25, 0.3) is 0 Å². The first-order chi connectivity index (χ1) is 9.99. The number of hydrogen-bond donors (Lipinski definition) is 0. The first-order valence-corrected chi connectivity index (χ1v) is 10.0. The summed E-state index contributed by atoms with van der Waals surface area (Å²) in [6.07, 6.45) is 4.44. The summed E-state index contributed by atoms with van der Waals surface area (Å²) in [5, 5.41) is 0. The van der Waals surface area contributed by atoms with Crippen LogP contribution in [0.4, 0.5) is 0 Å². The van der Waals surface area contributed by atoms with Crippen molar-refractivity contribution in [2.24, 2.45) is 5.92 Å². The molecule has 21 heavy (non-hydrogen) atoms. The van der Waals surface area contributed by atoms with Crippen LogP contribution in [-0.2, 0) is 9.84 Å². The molecule has 1 saturated heterocycles. The molecule has 2 rings (SSSR count). The average molecular weight is 309 g/mol. The molecule has 0 aliphatic carbocycles. The van der Waals surface area contributed by atoms with Crippen molar-refractivity contribution >= 4 is 9.84 Å². The Balaban J connectivity index is 1.89. The number of likely N-dealkylation sites (tertiary alicyclic amines) is 1. The van der Waals surface area contributed by atoms with Crippen LogP contribution in [0, 0.1) is 5.92 Å². The summed E-state index contributed by atoms with van der Waals surface area (Å²) in [4.78, 5) is 2.44. The van der Waals surface area contributed by atoms with Crippen molar-refractivity contribution in [1.29, 1.82) is 0 Å². The highest BCUT2D eigenvalue weighted by Gasteiger charge is 2.28. The Morgan fingerprint density at radius 3 is 2.57 bits per heavy atom. The van der Waals surface area contributed by atoms with Crippen molar-refractivity contribution in [2.45, 2.75) is 32.1 Å². The number of nitrogens with zero attached hydrogens (tertiary/aromatic N) is 1. The second-order valence-electron chi connectivity index (χ2n) is 6.26. The second-order valence-corrected chi connectivity index (χ2v) is 8.52. The smallest absolute Gasteiger partial charge is 0.147 e. The SMILES string of the molecule is CC[C@@H]1CN(CCCS(C)(=O)=O)CC[C@H]1c1ccccc1. The predicted octanol–water partition coefficient (Wildman–Crippen LogP) is 2.94. The van der Waals surface area contributed by atoms with Crippen LogP contribution < -0.4 is 0 Å². The van der Waals surface area contributed by atoms with Gasteiger partial charge in [0, 0.05) is 12.8 Å². The number of hydrogen-bond acceptors (Lipinski definition) is 3. The first-order valence-electron chi connectivity index (χ1n) is 7.94. The molecule has 1 aliphatic rings. The fourth-order valence-corrected chi connectivity index (χ4v) is 4.07. The third-order valence-electron chi connectivity index (χ3n) is 4.56. The summed E-state index contributed by atoms with van der Waals surface area (Å²) in [5.41, 5.74) is 1.46. The van der Waals surface area contributed by atoms with Crippen LogP contribution in [0.25, 0.3) is 0 Å². The molecule has 4 heteroatoms. The van der Waals surface area contributed by atoms with Gasteiger partial charge in [-0.25, -0.2) is 8.42 Å². The maximum atomic E-state index is 11.2. The van der Waals surface area contributed by atoms with E-state index >= 15 is 0 Å². The van der Waals surface area contributed by atoms with Gasteiger partial charge in [-0.3, -0.25) is 0 Å². The van der Waals surface area contributed by atoms with E-state index in [1.807, 2.05) is 0 Å². The highest BCUT2D eigenvalue weighted by molar-refractivity contribution is 7.90. The van der Waals surface area contributed by atoms with Gasteiger partial charge >= 0.3 is 0 Å². The molecular formula is C17H27NO2S. The molecule has 0 unspecified atom stereocenters. The van der Waals surface area contributed by atoms with E-state index in [2.05, 4.69) is 42.2 Å². The van der Waals surface area contributed by atoms with Crippen molar-refractivity contribution in [2.75, 3.05) is 31.6 Å². The summed E-state index contributed by atoms with van der Waals surface area (Å²) in [7, 11) is -2.82. The lowest BCUT2D eigenvalue weighted by atomic mass is 9.79. The van der Waals surface area contributed by atoms with E-state index < -0.39 is 9.84 Å². The van der Waals surface area contributed by atoms with Crippen LogP contribution in [0.15, 0.2) is 30.3 Å². The number of piperidine rings is 1. The first kappa shape index (κ1) is 16.5.